The third kappa shape index (κ3) is 5.97. The van der Waals surface area contributed by atoms with Crippen LogP contribution in [-0.2, 0) is 0 Å². The minimum Gasteiger partial charge on any atom is -0.309 e. The zero-order chi connectivity index (χ0) is 21.7. The molecular formula is C22H23F2N5O. The monoisotopic (exact) mass is 411 g/mol. The molecule has 0 spiro atoms. The molecular weight excluding hydrogens is 388 g/mol. The van der Waals surface area contributed by atoms with E-state index in [0.717, 1.165) is 5.56 Å². The summed E-state index contributed by atoms with van der Waals surface area (Å²) >= 11 is 0. The quantitative estimate of drug-likeness (QED) is 0.434. The molecule has 0 aliphatic rings. The van der Waals surface area contributed by atoms with Gasteiger partial charge in [0.2, 0.25) is 5.96 Å². The Morgan fingerprint density at radius 1 is 1.03 bits per heavy atom. The number of benzene rings is 2. The average molecular weight is 411 g/mol. The van der Waals surface area contributed by atoms with Crippen molar-refractivity contribution in [3.05, 3.63) is 71.8 Å². The van der Waals surface area contributed by atoms with Crippen molar-refractivity contribution in [3.8, 4) is 11.3 Å². The Balaban J connectivity index is 1.78. The fraction of sp³-hybridized carbons (Fsp3) is 0.227. The first kappa shape index (κ1) is 21.2. The Morgan fingerprint density at radius 3 is 2.23 bits per heavy atom. The zero-order valence-corrected chi connectivity index (χ0v) is 17.0. The molecule has 1 aromatic heterocycles. The second-order valence-electron chi connectivity index (χ2n) is 7.99. The van der Waals surface area contributed by atoms with Gasteiger partial charge in [-0.15, -0.1) is 0 Å². The number of rotatable bonds is 4. The smallest absolute Gasteiger partial charge is 0.257 e. The number of amides is 1. The average Bonchev–Trinajstić information content (AvgIpc) is 3.15. The molecule has 0 aliphatic carbocycles. The number of halogens is 2. The van der Waals surface area contributed by atoms with Gasteiger partial charge in [0.15, 0.2) is 5.82 Å². The molecule has 3 N–H and O–H groups in total. The van der Waals surface area contributed by atoms with E-state index in [-0.39, 0.29) is 17.2 Å². The highest BCUT2D eigenvalue weighted by atomic mass is 19.1. The van der Waals surface area contributed by atoms with E-state index in [4.69, 9.17) is 0 Å². The van der Waals surface area contributed by atoms with Crippen molar-refractivity contribution in [2.24, 2.45) is 10.4 Å². The Kier molecular flexibility index (Phi) is 6.25. The van der Waals surface area contributed by atoms with Crippen LogP contribution in [0.1, 0.15) is 31.1 Å². The largest absolute Gasteiger partial charge is 0.309 e. The molecule has 0 fully saturated rings. The normalized spacial score (nSPS) is 12.0. The standard InChI is InChI=1S/C22H23F2N5O/c1-22(2,3)13-25-21(27-20(30)15-6-10-17(24)11-7-15)26-19-12-18(28-29-19)14-4-8-16(23)9-5-14/h4-12H,13H2,1-3H3,(H3,25,26,27,28,29,30). The predicted molar refractivity (Wildman–Crippen MR) is 113 cm³/mol. The van der Waals surface area contributed by atoms with Gasteiger partial charge in [-0.3, -0.25) is 20.2 Å². The maximum Gasteiger partial charge on any atom is 0.257 e. The van der Waals surface area contributed by atoms with Gasteiger partial charge in [-0.05, 0) is 59.5 Å². The summed E-state index contributed by atoms with van der Waals surface area (Å²) in [7, 11) is 0. The van der Waals surface area contributed by atoms with Gasteiger partial charge in [-0.1, -0.05) is 20.8 Å². The van der Waals surface area contributed by atoms with Crippen molar-refractivity contribution in [1.82, 2.24) is 15.5 Å². The number of aliphatic imine (C=N–C) groups is 1. The van der Waals surface area contributed by atoms with Crippen molar-refractivity contribution in [1.29, 1.82) is 0 Å². The Hall–Kier alpha value is -3.55. The summed E-state index contributed by atoms with van der Waals surface area (Å²) in [5, 5.41) is 12.7. The van der Waals surface area contributed by atoms with E-state index in [1.165, 1.54) is 36.4 Å². The van der Waals surface area contributed by atoms with Crippen LogP contribution >= 0.6 is 0 Å². The third-order valence-corrected chi connectivity index (χ3v) is 4.03. The summed E-state index contributed by atoms with van der Waals surface area (Å²) in [5.74, 6) is -0.518. The van der Waals surface area contributed by atoms with Gasteiger partial charge in [0, 0.05) is 18.2 Å². The van der Waals surface area contributed by atoms with Crippen LogP contribution in [0.5, 0.6) is 0 Å². The number of aromatic amines is 1. The topological polar surface area (TPSA) is 82.2 Å². The molecule has 0 saturated heterocycles. The molecule has 3 aromatic rings. The summed E-state index contributed by atoms with van der Waals surface area (Å²) in [6.07, 6.45) is 0. The maximum atomic E-state index is 13.1. The molecule has 1 heterocycles. The van der Waals surface area contributed by atoms with Crippen molar-refractivity contribution >= 4 is 17.7 Å². The number of carbonyl (C=O) groups is 1. The molecule has 0 atom stereocenters. The molecule has 6 nitrogen and oxygen atoms in total. The van der Waals surface area contributed by atoms with E-state index < -0.39 is 11.7 Å². The van der Waals surface area contributed by atoms with E-state index in [0.29, 0.717) is 23.6 Å². The Morgan fingerprint density at radius 2 is 1.63 bits per heavy atom. The Bertz CT molecular complexity index is 1030. The molecule has 0 radical (unpaired) electrons. The number of H-pyrrole nitrogens is 1. The highest BCUT2D eigenvalue weighted by molar-refractivity contribution is 6.09. The minimum absolute atomic E-state index is 0.0988. The summed E-state index contributed by atoms with van der Waals surface area (Å²) < 4.78 is 26.2. The second-order valence-corrected chi connectivity index (χ2v) is 7.99. The lowest BCUT2D eigenvalue weighted by atomic mass is 9.97. The number of anilines is 1. The molecule has 3 rings (SSSR count). The SMILES string of the molecule is CC(C)(C)CN=C(NC(=O)c1ccc(F)cc1)Nc1cc(-c2ccc(F)cc2)[nH]n1. The second kappa shape index (κ2) is 8.86. The third-order valence-electron chi connectivity index (χ3n) is 4.03. The lowest BCUT2D eigenvalue weighted by Crippen LogP contribution is -2.37. The zero-order valence-electron chi connectivity index (χ0n) is 17.0. The summed E-state index contributed by atoms with van der Waals surface area (Å²) in [6.45, 7) is 6.53. The van der Waals surface area contributed by atoms with Crippen LogP contribution in [0.4, 0.5) is 14.6 Å². The van der Waals surface area contributed by atoms with Gasteiger partial charge in [0.25, 0.3) is 5.91 Å². The number of hydrogen-bond acceptors (Lipinski definition) is 3. The number of hydrogen-bond donors (Lipinski definition) is 3. The first-order valence-electron chi connectivity index (χ1n) is 9.39. The van der Waals surface area contributed by atoms with Crippen molar-refractivity contribution in [3.63, 3.8) is 0 Å². The minimum atomic E-state index is -0.426. The summed E-state index contributed by atoms with van der Waals surface area (Å²) in [5.41, 5.74) is 1.65. The van der Waals surface area contributed by atoms with Crippen LogP contribution in [0.15, 0.2) is 59.6 Å². The van der Waals surface area contributed by atoms with Crippen LogP contribution < -0.4 is 10.6 Å². The lowest BCUT2D eigenvalue weighted by Gasteiger charge is -2.16. The van der Waals surface area contributed by atoms with Crippen molar-refractivity contribution in [2.45, 2.75) is 20.8 Å². The van der Waals surface area contributed by atoms with Crippen LogP contribution in [0, 0.1) is 17.0 Å². The van der Waals surface area contributed by atoms with Gasteiger partial charge in [0.05, 0.1) is 5.69 Å². The van der Waals surface area contributed by atoms with Crippen molar-refractivity contribution < 1.29 is 13.6 Å². The van der Waals surface area contributed by atoms with Crippen LogP contribution in [-0.4, -0.2) is 28.6 Å². The van der Waals surface area contributed by atoms with E-state index in [1.54, 1.807) is 18.2 Å². The van der Waals surface area contributed by atoms with Crippen molar-refractivity contribution in [2.75, 3.05) is 11.9 Å². The molecule has 1 amide bonds. The first-order chi connectivity index (χ1) is 14.2. The molecule has 0 bridgehead atoms. The number of nitrogens with one attached hydrogen (secondary N) is 3. The number of aromatic nitrogens is 2. The van der Waals surface area contributed by atoms with Crippen LogP contribution in [0.3, 0.4) is 0 Å². The number of carbonyl (C=O) groups excluding carboxylic acids is 1. The van der Waals surface area contributed by atoms with Crippen LogP contribution in [0.25, 0.3) is 11.3 Å². The molecule has 156 valence electrons. The molecule has 8 heteroatoms. The van der Waals surface area contributed by atoms with Crippen LogP contribution in [0.2, 0.25) is 0 Å². The van der Waals surface area contributed by atoms with Gasteiger partial charge in [-0.25, -0.2) is 8.78 Å². The van der Waals surface area contributed by atoms with E-state index in [2.05, 4.69) is 25.8 Å². The molecule has 0 unspecified atom stereocenters. The highest BCUT2D eigenvalue weighted by Gasteiger charge is 2.14. The fourth-order valence-corrected chi connectivity index (χ4v) is 2.49. The van der Waals surface area contributed by atoms with Gasteiger partial charge in [-0.2, -0.15) is 5.10 Å². The predicted octanol–water partition coefficient (Wildman–Crippen LogP) is 4.60. The molecule has 0 aliphatic heterocycles. The van der Waals surface area contributed by atoms with Gasteiger partial charge in [0.1, 0.15) is 11.6 Å². The van der Waals surface area contributed by atoms with E-state index >= 15 is 0 Å². The van der Waals surface area contributed by atoms with E-state index in [9.17, 15) is 13.6 Å². The molecule has 2 aromatic carbocycles. The maximum absolute atomic E-state index is 13.1. The number of guanidine groups is 1. The molecule has 0 saturated carbocycles. The Labute approximate surface area is 173 Å². The summed E-state index contributed by atoms with van der Waals surface area (Å²) in [4.78, 5) is 17.0. The fourth-order valence-electron chi connectivity index (χ4n) is 2.49. The lowest BCUT2D eigenvalue weighted by molar-refractivity contribution is 0.0976. The first-order valence-corrected chi connectivity index (χ1v) is 9.39. The molecule has 30 heavy (non-hydrogen) atoms. The van der Waals surface area contributed by atoms with Gasteiger partial charge >= 0.3 is 0 Å². The highest BCUT2D eigenvalue weighted by Crippen LogP contribution is 2.20. The van der Waals surface area contributed by atoms with Gasteiger partial charge < -0.3 is 5.32 Å². The van der Waals surface area contributed by atoms with E-state index in [1.807, 2.05) is 20.8 Å². The number of nitrogens with zero attached hydrogens (tertiary/aromatic N) is 2. The summed E-state index contributed by atoms with van der Waals surface area (Å²) in [6, 6.07) is 13.0.